The monoisotopic (exact) mass is 447 g/mol. The molecule has 2 aromatic carbocycles. The summed E-state index contributed by atoms with van der Waals surface area (Å²) in [6.07, 6.45) is 5.23. The number of benzene rings is 2. The van der Waals surface area contributed by atoms with Crippen LogP contribution in [0, 0.1) is 5.92 Å². The minimum atomic E-state index is -0.492. The number of hydrogen-bond acceptors (Lipinski definition) is 5. The van der Waals surface area contributed by atoms with E-state index in [2.05, 4.69) is 10.4 Å². The number of ether oxygens (including phenoxy) is 2. The molecule has 0 unspecified atom stereocenters. The molecular formula is C26H29N3O4. The molecule has 0 saturated heterocycles. The Balaban J connectivity index is 1.68. The lowest BCUT2D eigenvalue weighted by atomic mass is 10.0. The molecule has 1 fully saturated rings. The van der Waals surface area contributed by atoms with Gasteiger partial charge in [-0.05, 0) is 56.0 Å². The summed E-state index contributed by atoms with van der Waals surface area (Å²) in [5, 5.41) is 7.54. The highest BCUT2D eigenvalue weighted by Crippen LogP contribution is 2.31. The third-order valence-corrected chi connectivity index (χ3v) is 5.90. The number of nitrogens with zero attached hydrogens (tertiary/aromatic N) is 2. The molecule has 172 valence electrons. The highest BCUT2D eigenvalue weighted by Gasteiger charge is 2.21. The summed E-state index contributed by atoms with van der Waals surface area (Å²) < 4.78 is 12.3. The molecule has 0 spiro atoms. The standard InChI is InChI=1S/C26H29N3O4/c1-3-33-26(31)21-17-23(29(28-21)22-13-6-7-14-24(22)32-2)19-11-8-12-20(16-19)27-25(30)15-18-9-4-5-10-18/h6-8,11-14,16-18H,3-5,9-10,15H2,1-2H3,(H,27,30). The highest BCUT2D eigenvalue weighted by atomic mass is 16.5. The quantitative estimate of drug-likeness (QED) is 0.477. The van der Waals surface area contributed by atoms with E-state index in [0.29, 0.717) is 35.2 Å². The Kier molecular flexibility index (Phi) is 7.07. The van der Waals surface area contributed by atoms with Crippen LogP contribution >= 0.6 is 0 Å². The summed E-state index contributed by atoms with van der Waals surface area (Å²) >= 11 is 0. The maximum absolute atomic E-state index is 12.5. The van der Waals surface area contributed by atoms with Crippen molar-refractivity contribution in [2.75, 3.05) is 19.0 Å². The Bertz CT molecular complexity index is 1130. The van der Waals surface area contributed by atoms with Gasteiger partial charge in [0.05, 0.1) is 19.4 Å². The molecule has 0 atom stereocenters. The van der Waals surface area contributed by atoms with Gasteiger partial charge in [0.15, 0.2) is 5.69 Å². The molecule has 1 saturated carbocycles. The van der Waals surface area contributed by atoms with E-state index >= 15 is 0 Å². The van der Waals surface area contributed by atoms with E-state index < -0.39 is 5.97 Å². The van der Waals surface area contributed by atoms with Gasteiger partial charge in [-0.3, -0.25) is 4.79 Å². The van der Waals surface area contributed by atoms with Crippen molar-refractivity contribution >= 4 is 17.6 Å². The van der Waals surface area contributed by atoms with Gasteiger partial charge in [-0.2, -0.15) is 5.10 Å². The van der Waals surface area contributed by atoms with Crippen LogP contribution in [-0.2, 0) is 9.53 Å². The van der Waals surface area contributed by atoms with Crippen molar-refractivity contribution in [3.8, 4) is 22.7 Å². The van der Waals surface area contributed by atoms with Crippen LogP contribution in [0.2, 0.25) is 0 Å². The zero-order chi connectivity index (χ0) is 23.2. The molecule has 1 aromatic heterocycles. The number of aromatic nitrogens is 2. The van der Waals surface area contributed by atoms with Crippen LogP contribution in [0.15, 0.2) is 54.6 Å². The van der Waals surface area contributed by atoms with Crippen molar-refractivity contribution < 1.29 is 19.1 Å². The molecular weight excluding hydrogens is 418 g/mol. The summed E-state index contributed by atoms with van der Waals surface area (Å²) in [5.74, 6) is 0.642. The van der Waals surface area contributed by atoms with Crippen molar-refractivity contribution in [3.63, 3.8) is 0 Å². The molecule has 1 aliphatic carbocycles. The molecule has 7 heteroatoms. The number of carbonyl (C=O) groups is 2. The predicted molar refractivity (Wildman–Crippen MR) is 127 cm³/mol. The Morgan fingerprint density at radius 2 is 1.88 bits per heavy atom. The van der Waals surface area contributed by atoms with Crippen LogP contribution in [0.1, 0.15) is 49.5 Å². The molecule has 4 rings (SSSR count). The summed E-state index contributed by atoms with van der Waals surface area (Å²) in [4.78, 5) is 25.0. The van der Waals surface area contributed by atoms with E-state index in [1.165, 1.54) is 12.8 Å². The number of methoxy groups -OCH3 is 1. The van der Waals surface area contributed by atoms with E-state index in [1.54, 1.807) is 24.8 Å². The molecule has 1 aliphatic rings. The Morgan fingerprint density at radius 1 is 1.09 bits per heavy atom. The van der Waals surface area contributed by atoms with Crippen molar-refractivity contribution in [1.82, 2.24) is 9.78 Å². The predicted octanol–water partition coefficient (Wildman–Crippen LogP) is 5.24. The maximum atomic E-state index is 12.5. The second-order valence-corrected chi connectivity index (χ2v) is 8.20. The lowest BCUT2D eigenvalue weighted by molar-refractivity contribution is -0.117. The first kappa shape index (κ1) is 22.6. The summed E-state index contributed by atoms with van der Waals surface area (Å²) in [6, 6.07) is 16.7. The molecule has 0 radical (unpaired) electrons. The first-order valence-electron chi connectivity index (χ1n) is 11.4. The average molecular weight is 448 g/mol. The Labute approximate surface area is 193 Å². The van der Waals surface area contributed by atoms with Crippen LogP contribution in [0.5, 0.6) is 5.75 Å². The number of para-hydroxylation sites is 2. The summed E-state index contributed by atoms with van der Waals surface area (Å²) in [7, 11) is 1.59. The molecule has 0 bridgehead atoms. The van der Waals surface area contributed by atoms with Crippen LogP contribution in [-0.4, -0.2) is 35.4 Å². The topological polar surface area (TPSA) is 82.5 Å². The fourth-order valence-electron chi connectivity index (χ4n) is 4.32. The van der Waals surface area contributed by atoms with Gasteiger partial charge in [-0.25, -0.2) is 9.48 Å². The van der Waals surface area contributed by atoms with E-state index in [1.807, 2.05) is 48.5 Å². The van der Waals surface area contributed by atoms with Crippen molar-refractivity contribution in [2.24, 2.45) is 5.92 Å². The number of esters is 1. The number of rotatable bonds is 8. The van der Waals surface area contributed by atoms with Crippen LogP contribution in [0.25, 0.3) is 16.9 Å². The van der Waals surface area contributed by atoms with Gasteiger partial charge in [-0.1, -0.05) is 37.1 Å². The molecule has 7 nitrogen and oxygen atoms in total. The zero-order valence-corrected chi connectivity index (χ0v) is 19.0. The molecule has 3 aromatic rings. The second-order valence-electron chi connectivity index (χ2n) is 8.20. The number of hydrogen-bond donors (Lipinski definition) is 1. The molecule has 1 amide bonds. The van der Waals surface area contributed by atoms with Crippen molar-refractivity contribution in [3.05, 3.63) is 60.3 Å². The number of anilines is 1. The van der Waals surface area contributed by atoms with Gasteiger partial charge in [0, 0.05) is 17.7 Å². The van der Waals surface area contributed by atoms with E-state index in [-0.39, 0.29) is 18.2 Å². The molecule has 33 heavy (non-hydrogen) atoms. The minimum Gasteiger partial charge on any atom is -0.494 e. The Morgan fingerprint density at radius 3 is 2.64 bits per heavy atom. The number of amides is 1. The third-order valence-electron chi connectivity index (χ3n) is 5.90. The van der Waals surface area contributed by atoms with Gasteiger partial charge < -0.3 is 14.8 Å². The zero-order valence-electron chi connectivity index (χ0n) is 19.0. The van der Waals surface area contributed by atoms with Gasteiger partial charge in [-0.15, -0.1) is 0 Å². The molecule has 0 aliphatic heterocycles. The SMILES string of the molecule is CCOC(=O)c1cc(-c2cccc(NC(=O)CC3CCCC3)c2)n(-c2ccccc2OC)n1. The molecule has 1 heterocycles. The fourth-order valence-corrected chi connectivity index (χ4v) is 4.32. The molecule has 1 N–H and O–H groups in total. The first-order valence-corrected chi connectivity index (χ1v) is 11.4. The lowest BCUT2D eigenvalue weighted by Crippen LogP contribution is -2.15. The van der Waals surface area contributed by atoms with Gasteiger partial charge in [0.25, 0.3) is 0 Å². The van der Waals surface area contributed by atoms with E-state index in [9.17, 15) is 9.59 Å². The number of nitrogens with one attached hydrogen (secondary N) is 1. The summed E-state index contributed by atoms with van der Waals surface area (Å²) in [5.41, 5.74) is 3.10. The van der Waals surface area contributed by atoms with Gasteiger partial charge in [0.1, 0.15) is 11.4 Å². The number of carbonyl (C=O) groups excluding carboxylic acids is 2. The normalized spacial score (nSPS) is 13.6. The lowest BCUT2D eigenvalue weighted by Gasteiger charge is -2.13. The third kappa shape index (κ3) is 5.25. The van der Waals surface area contributed by atoms with Crippen LogP contribution in [0.4, 0.5) is 5.69 Å². The summed E-state index contributed by atoms with van der Waals surface area (Å²) in [6.45, 7) is 2.02. The van der Waals surface area contributed by atoms with Gasteiger partial charge >= 0.3 is 5.97 Å². The van der Waals surface area contributed by atoms with Crippen LogP contribution < -0.4 is 10.1 Å². The van der Waals surface area contributed by atoms with E-state index in [4.69, 9.17) is 9.47 Å². The van der Waals surface area contributed by atoms with Gasteiger partial charge in [0.2, 0.25) is 5.91 Å². The fraction of sp³-hybridized carbons (Fsp3) is 0.346. The van der Waals surface area contributed by atoms with E-state index in [0.717, 1.165) is 18.4 Å². The second kappa shape index (κ2) is 10.3. The average Bonchev–Trinajstić information content (AvgIpc) is 3.49. The largest absolute Gasteiger partial charge is 0.494 e. The van der Waals surface area contributed by atoms with Crippen molar-refractivity contribution in [1.29, 1.82) is 0 Å². The van der Waals surface area contributed by atoms with Crippen LogP contribution in [0.3, 0.4) is 0 Å². The maximum Gasteiger partial charge on any atom is 0.358 e. The smallest absolute Gasteiger partial charge is 0.358 e. The van der Waals surface area contributed by atoms with Crippen molar-refractivity contribution in [2.45, 2.75) is 39.0 Å². The Hall–Kier alpha value is -3.61. The minimum absolute atomic E-state index is 0.0319. The first-order chi connectivity index (χ1) is 16.1. The highest BCUT2D eigenvalue weighted by molar-refractivity contribution is 5.92.